The molecule has 0 aromatic heterocycles. The summed E-state index contributed by atoms with van der Waals surface area (Å²) < 4.78 is 19.2. The zero-order chi connectivity index (χ0) is 17.3. The van der Waals surface area contributed by atoms with Crippen LogP contribution in [0.1, 0.15) is 32.3 Å². The molecule has 2 aliphatic heterocycles. The predicted molar refractivity (Wildman–Crippen MR) is 90.5 cm³/mol. The highest BCUT2D eigenvalue weighted by molar-refractivity contribution is 6.04. The first-order valence-electron chi connectivity index (χ1n) is 8.24. The van der Waals surface area contributed by atoms with Gasteiger partial charge in [-0.25, -0.2) is 14.2 Å². The Hall–Kier alpha value is -2.31. The summed E-state index contributed by atoms with van der Waals surface area (Å²) in [6, 6.07) is 4.81. The number of aliphatic imine (C=N–C) groups is 1. The van der Waals surface area contributed by atoms with Crippen LogP contribution in [0, 0.1) is 11.7 Å². The first-order chi connectivity index (χ1) is 11.4. The van der Waals surface area contributed by atoms with Gasteiger partial charge in [-0.05, 0) is 18.1 Å². The number of fused-ring (bicyclic) bond motifs is 1. The van der Waals surface area contributed by atoms with Gasteiger partial charge in [0.15, 0.2) is 0 Å². The molecule has 0 saturated carbocycles. The van der Waals surface area contributed by atoms with E-state index >= 15 is 0 Å². The summed E-state index contributed by atoms with van der Waals surface area (Å²) in [5, 5.41) is 3.31. The van der Waals surface area contributed by atoms with Gasteiger partial charge in [0.05, 0.1) is 12.2 Å². The number of rotatable bonds is 2. The van der Waals surface area contributed by atoms with Crippen molar-refractivity contribution in [3.05, 3.63) is 29.6 Å². The monoisotopic (exact) mass is 334 g/mol. The lowest BCUT2D eigenvalue weighted by Crippen LogP contribution is -2.52. The number of ether oxygens (including phenoxy) is 1. The number of nitrogens with two attached hydrogens (primary N) is 1. The fourth-order valence-corrected chi connectivity index (χ4v) is 3.08. The van der Waals surface area contributed by atoms with E-state index in [1.165, 1.54) is 6.07 Å². The van der Waals surface area contributed by atoms with E-state index < -0.39 is 5.66 Å². The SMILES string of the molecule is CC(C)COC(=O)N1CCC2(CC1)N=C(N)c1c(F)cccc1N2. The number of likely N-dealkylation sites (tertiary alicyclic amines) is 1. The Balaban J connectivity index is 1.69. The molecule has 0 aliphatic carbocycles. The first kappa shape index (κ1) is 16.5. The summed E-state index contributed by atoms with van der Waals surface area (Å²) in [7, 11) is 0. The molecule has 1 fully saturated rings. The molecule has 7 heteroatoms. The minimum Gasteiger partial charge on any atom is -0.449 e. The van der Waals surface area contributed by atoms with Crippen LogP contribution in [0.25, 0.3) is 0 Å². The van der Waals surface area contributed by atoms with Crippen molar-refractivity contribution in [2.24, 2.45) is 16.6 Å². The Labute approximate surface area is 140 Å². The van der Waals surface area contributed by atoms with E-state index in [1.807, 2.05) is 13.8 Å². The van der Waals surface area contributed by atoms with Crippen LogP contribution < -0.4 is 11.1 Å². The van der Waals surface area contributed by atoms with Crippen molar-refractivity contribution in [3.63, 3.8) is 0 Å². The number of halogens is 1. The van der Waals surface area contributed by atoms with Crippen molar-refractivity contribution in [1.29, 1.82) is 0 Å². The average Bonchev–Trinajstić information content (AvgIpc) is 2.53. The molecule has 0 bridgehead atoms. The van der Waals surface area contributed by atoms with Gasteiger partial charge < -0.3 is 20.7 Å². The highest BCUT2D eigenvalue weighted by Crippen LogP contribution is 2.35. The second kappa shape index (κ2) is 6.30. The normalized spacial score (nSPS) is 18.8. The van der Waals surface area contributed by atoms with Crippen LogP contribution >= 0.6 is 0 Å². The van der Waals surface area contributed by atoms with Crippen molar-refractivity contribution in [2.75, 3.05) is 25.0 Å². The van der Waals surface area contributed by atoms with Crippen LogP contribution in [0.5, 0.6) is 0 Å². The number of piperidine rings is 1. The third-order valence-corrected chi connectivity index (χ3v) is 4.36. The van der Waals surface area contributed by atoms with Crippen LogP contribution in [0.2, 0.25) is 0 Å². The number of nitrogens with one attached hydrogen (secondary N) is 1. The number of carbonyl (C=O) groups is 1. The highest BCUT2D eigenvalue weighted by Gasteiger charge is 2.39. The lowest BCUT2D eigenvalue weighted by molar-refractivity contribution is 0.0780. The summed E-state index contributed by atoms with van der Waals surface area (Å²) in [5.41, 5.74) is 6.38. The third kappa shape index (κ3) is 3.16. The molecule has 6 nitrogen and oxygen atoms in total. The van der Waals surface area contributed by atoms with E-state index in [0.29, 0.717) is 49.7 Å². The van der Waals surface area contributed by atoms with Crippen LogP contribution in [-0.2, 0) is 4.74 Å². The maximum Gasteiger partial charge on any atom is 0.409 e. The van der Waals surface area contributed by atoms with Gasteiger partial charge in [0.25, 0.3) is 0 Å². The Kier molecular flexibility index (Phi) is 4.34. The minimum atomic E-state index is -0.584. The van der Waals surface area contributed by atoms with Gasteiger partial charge in [0.1, 0.15) is 17.3 Å². The van der Waals surface area contributed by atoms with E-state index in [4.69, 9.17) is 10.5 Å². The molecule has 2 heterocycles. The third-order valence-electron chi connectivity index (χ3n) is 4.36. The van der Waals surface area contributed by atoms with Crippen molar-refractivity contribution in [2.45, 2.75) is 32.4 Å². The molecule has 1 saturated heterocycles. The van der Waals surface area contributed by atoms with Gasteiger partial charge in [-0.2, -0.15) is 0 Å². The molecule has 1 aromatic rings. The number of anilines is 1. The zero-order valence-electron chi connectivity index (χ0n) is 14.0. The molecule has 3 N–H and O–H groups in total. The standard InChI is InChI=1S/C17H23FN4O2/c1-11(2)10-24-16(23)22-8-6-17(7-9-22)20-13-5-3-4-12(18)14(13)15(19)21-17/h3-5,11,20H,6-10H2,1-2H3,(H2,19,21). The van der Waals surface area contributed by atoms with Crippen LogP contribution in [0.4, 0.5) is 14.9 Å². The van der Waals surface area contributed by atoms with E-state index in [0.717, 1.165) is 0 Å². The molecule has 24 heavy (non-hydrogen) atoms. The number of hydrogen-bond donors (Lipinski definition) is 2. The second-order valence-electron chi connectivity index (χ2n) is 6.77. The zero-order valence-corrected chi connectivity index (χ0v) is 14.0. The average molecular weight is 334 g/mol. The Morgan fingerprint density at radius 3 is 2.83 bits per heavy atom. The number of benzene rings is 1. The molecular formula is C17H23FN4O2. The Morgan fingerprint density at radius 1 is 1.46 bits per heavy atom. The molecule has 1 aromatic carbocycles. The largest absolute Gasteiger partial charge is 0.449 e. The summed E-state index contributed by atoms with van der Waals surface area (Å²) in [4.78, 5) is 18.2. The van der Waals surface area contributed by atoms with Crippen molar-refractivity contribution in [3.8, 4) is 0 Å². The maximum absolute atomic E-state index is 13.9. The summed E-state index contributed by atoms with van der Waals surface area (Å²) in [6.45, 7) is 5.45. The molecule has 0 unspecified atom stereocenters. The van der Waals surface area contributed by atoms with Gasteiger partial charge in [-0.1, -0.05) is 19.9 Å². The smallest absolute Gasteiger partial charge is 0.409 e. The van der Waals surface area contributed by atoms with Gasteiger partial charge in [-0.3, -0.25) is 0 Å². The maximum atomic E-state index is 13.9. The molecule has 2 aliphatic rings. The number of hydrogen-bond acceptors (Lipinski definition) is 5. The first-order valence-corrected chi connectivity index (χ1v) is 8.24. The van der Waals surface area contributed by atoms with Gasteiger partial charge in [0, 0.05) is 31.6 Å². The van der Waals surface area contributed by atoms with Crippen molar-refractivity contribution < 1.29 is 13.9 Å². The molecule has 3 rings (SSSR count). The summed E-state index contributed by atoms with van der Waals surface area (Å²) in [6.07, 6.45) is 0.902. The summed E-state index contributed by atoms with van der Waals surface area (Å²) >= 11 is 0. The molecule has 1 amide bonds. The highest BCUT2D eigenvalue weighted by atomic mass is 19.1. The summed E-state index contributed by atoms with van der Waals surface area (Å²) in [5.74, 6) is 0.129. The number of nitrogens with zero attached hydrogens (tertiary/aromatic N) is 2. The number of amidine groups is 1. The fraction of sp³-hybridized carbons (Fsp3) is 0.529. The molecule has 130 valence electrons. The lowest BCUT2D eigenvalue weighted by Gasteiger charge is -2.42. The number of amides is 1. The predicted octanol–water partition coefficient (Wildman–Crippen LogP) is 2.54. The topological polar surface area (TPSA) is 80.0 Å². The Morgan fingerprint density at radius 2 is 2.17 bits per heavy atom. The number of carbonyl (C=O) groups excluding carboxylic acids is 1. The van der Waals surface area contributed by atoms with Crippen LogP contribution in [0.15, 0.2) is 23.2 Å². The molecule has 1 spiro atoms. The van der Waals surface area contributed by atoms with E-state index in [2.05, 4.69) is 10.3 Å². The Bertz CT molecular complexity index is 667. The minimum absolute atomic E-state index is 0.206. The van der Waals surface area contributed by atoms with E-state index in [1.54, 1.807) is 17.0 Å². The van der Waals surface area contributed by atoms with Crippen molar-refractivity contribution >= 4 is 17.6 Å². The quantitative estimate of drug-likeness (QED) is 0.871. The lowest BCUT2D eigenvalue weighted by atomic mass is 9.94. The van der Waals surface area contributed by atoms with E-state index in [9.17, 15) is 9.18 Å². The second-order valence-corrected chi connectivity index (χ2v) is 6.77. The van der Waals surface area contributed by atoms with Crippen LogP contribution in [-0.4, -0.2) is 42.2 Å². The molecular weight excluding hydrogens is 311 g/mol. The van der Waals surface area contributed by atoms with Gasteiger partial charge in [0.2, 0.25) is 0 Å². The van der Waals surface area contributed by atoms with Crippen molar-refractivity contribution in [1.82, 2.24) is 4.90 Å². The van der Waals surface area contributed by atoms with Crippen LogP contribution in [0.3, 0.4) is 0 Å². The van der Waals surface area contributed by atoms with E-state index in [-0.39, 0.29) is 17.7 Å². The fourth-order valence-electron chi connectivity index (χ4n) is 3.08. The van der Waals surface area contributed by atoms with Gasteiger partial charge >= 0.3 is 6.09 Å². The molecule has 0 radical (unpaired) electrons. The molecule has 0 atom stereocenters. The van der Waals surface area contributed by atoms with Gasteiger partial charge in [-0.15, -0.1) is 0 Å².